The lowest BCUT2D eigenvalue weighted by molar-refractivity contribution is -0.387. The average molecular weight is 325 g/mol. The molecule has 0 spiro atoms. The zero-order chi connectivity index (χ0) is 16.8. The van der Waals surface area contributed by atoms with E-state index >= 15 is 0 Å². The largest absolute Gasteiger partial charge is 0.484 e. The van der Waals surface area contributed by atoms with Crippen LogP contribution in [0.15, 0.2) is 18.2 Å². The molecule has 0 radical (unpaired) electrons. The molecule has 126 valence electrons. The Morgan fingerprint density at radius 2 is 2.35 bits per heavy atom. The van der Waals surface area contributed by atoms with Crippen molar-refractivity contribution in [1.82, 2.24) is 10.2 Å². The molecule has 1 aliphatic heterocycles. The predicted molar refractivity (Wildman–Crippen MR) is 81.8 cm³/mol. The van der Waals surface area contributed by atoms with Gasteiger partial charge in [-0.05, 0) is 25.5 Å². The van der Waals surface area contributed by atoms with E-state index in [2.05, 4.69) is 5.32 Å². The summed E-state index contributed by atoms with van der Waals surface area (Å²) in [4.78, 5) is 23.9. The van der Waals surface area contributed by atoms with Crippen molar-refractivity contribution in [3.8, 4) is 5.75 Å². The van der Waals surface area contributed by atoms with Gasteiger partial charge in [0.15, 0.2) is 6.61 Å². The van der Waals surface area contributed by atoms with Crippen LogP contribution in [0.25, 0.3) is 0 Å². The summed E-state index contributed by atoms with van der Waals surface area (Å²) in [5.74, 6) is -1.05. The van der Waals surface area contributed by atoms with Crippen LogP contribution in [0.2, 0.25) is 0 Å². The Morgan fingerprint density at radius 1 is 1.57 bits per heavy atom. The van der Waals surface area contributed by atoms with E-state index in [9.17, 15) is 19.3 Å². The van der Waals surface area contributed by atoms with Crippen molar-refractivity contribution < 1.29 is 18.8 Å². The first kappa shape index (κ1) is 17.1. The fourth-order valence-corrected chi connectivity index (χ4v) is 2.61. The molecule has 1 atom stereocenters. The number of halogens is 1. The summed E-state index contributed by atoms with van der Waals surface area (Å²) in [6, 6.07) is 3.39. The Balaban J connectivity index is 1.96. The quantitative estimate of drug-likeness (QED) is 0.609. The Morgan fingerprint density at radius 3 is 2.91 bits per heavy atom. The highest BCUT2D eigenvalue weighted by molar-refractivity contribution is 5.78. The summed E-state index contributed by atoms with van der Waals surface area (Å²) in [5, 5.41) is 13.8. The molecule has 0 aromatic heterocycles. The minimum absolute atomic E-state index is 0.0995. The molecule has 8 heteroatoms. The molecule has 7 nitrogen and oxygen atoms in total. The standard InChI is InChI=1S/C15H20FN3O4/c1-2-7-18(11-5-6-17-9-11)15(20)10-23-12-3-4-14(19(21)22)13(16)8-12/h3-4,8,11,17H,2,5-7,9-10H2,1H3. The van der Waals surface area contributed by atoms with Gasteiger partial charge < -0.3 is 15.0 Å². The Labute approximate surface area is 133 Å². The van der Waals surface area contributed by atoms with Gasteiger partial charge in [0.1, 0.15) is 5.75 Å². The summed E-state index contributed by atoms with van der Waals surface area (Å²) in [5.41, 5.74) is -0.617. The molecule has 23 heavy (non-hydrogen) atoms. The summed E-state index contributed by atoms with van der Waals surface area (Å²) < 4.78 is 18.8. The fourth-order valence-electron chi connectivity index (χ4n) is 2.61. The van der Waals surface area contributed by atoms with Gasteiger partial charge in [0.2, 0.25) is 5.82 Å². The molecule has 1 N–H and O–H groups in total. The van der Waals surface area contributed by atoms with Crippen LogP contribution in [-0.2, 0) is 4.79 Å². The molecule has 1 heterocycles. The highest BCUT2D eigenvalue weighted by Gasteiger charge is 2.26. The van der Waals surface area contributed by atoms with E-state index in [1.165, 1.54) is 6.07 Å². The number of ether oxygens (including phenoxy) is 1. The van der Waals surface area contributed by atoms with Gasteiger partial charge in [-0.15, -0.1) is 0 Å². The molecule has 1 aliphatic rings. The highest BCUT2D eigenvalue weighted by Crippen LogP contribution is 2.22. The van der Waals surface area contributed by atoms with Crippen molar-refractivity contribution in [2.24, 2.45) is 0 Å². The number of carbonyl (C=O) groups excluding carboxylic acids is 1. The maximum absolute atomic E-state index is 13.5. The number of amides is 1. The fraction of sp³-hybridized carbons (Fsp3) is 0.533. The number of rotatable bonds is 7. The van der Waals surface area contributed by atoms with E-state index in [4.69, 9.17) is 4.74 Å². The molecule has 0 saturated carbocycles. The smallest absolute Gasteiger partial charge is 0.305 e. The molecule has 0 aliphatic carbocycles. The lowest BCUT2D eigenvalue weighted by Crippen LogP contribution is -2.44. The molecular weight excluding hydrogens is 305 g/mol. The zero-order valence-electron chi connectivity index (χ0n) is 13.0. The van der Waals surface area contributed by atoms with Crippen LogP contribution in [-0.4, -0.2) is 48.0 Å². The van der Waals surface area contributed by atoms with Crippen LogP contribution in [0.1, 0.15) is 19.8 Å². The maximum Gasteiger partial charge on any atom is 0.305 e. The molecule has 0 bridgehead atoms. The van der Waals surface area contributed by atoms with Crippen LogP contribution in [0.5, 0.6) is 5.75 Å². The molecule has 2 rings (SSSR count). The van der Waals surface area contributed by atoms with Gasteiger partial charge in [0.25, 0.3) is 5.91 Å². The summed E-state index contributed by atoms with van der Waals surface area (Å²) in [6.07, 6.45) is 1.74. The third-order valence-corrected chi connectivity index (χ3v) is 3.74. The van der Waals surface area contributed by atoms with Gasteiger partial charge >= 0.3 is 5.69 Å². The molecule has 1 aromatic carbocycles. The lowest BCUT2D eigenvalue weighted by atomic mass is 10.2. The second-order valence-electron chi connectivity index (χ2n) is 5.39. The van der Waals surface area contributed by atoms with E-state index in [1.807, 2.05) is 6.92 Å². The van der Waals surface area contributed by atoms with Crippen molar-refractivity contribution >= 4 is 11.6 Å². The lowest BCUT2D eigenvalue weighted by Gasteiger charge is -2.28. The van der Waals surface area contributed by atoms with Crippen LogP contribution < -0.4 is 10.1 Å². The van der Waals surface area contributed by atoms with Gasteiger partial charge in [-0.2, -0.15) is 4.39 Å². The van der Waals surface area contributed by atoms with Gasteiger partial charge in [0.05, 0.1) is 4.92 Å². The van der Waals surface area contributed by atoms with Gasteiger partial charge in [-0.1, -0.05) is 6.92 Å². The SMILES string of the molecule is CCCN(C(=O)COc1ccc([N+](=O)[O-])c(F)c1)C1CCNC1. The number of carbonyl (C=O) groups is 1. The number of hydrogen-bond donors (Lipinski definition) is 1. The predicted octanol–water partition coefficient (Wildman–Crippen LogP) is 1.71. The number of nitrogens with one attached hydrogen (secondary N) is 1. The van der Waals surface area contributed by atoms with E-state index < -0.39 is 16.4 Å². The third kappa shape index (κ3) is 4.38. The van der Waals surface area contributed by atoms with Crippen molar-refractivity contribution in [2.75, 3.05) is 26.2 Å². The molecule has 1 aromatic rings. The first-order valence-corrected chi connectivity index (χ1v) is 7.59. The van der Waals surface area contributed by atoms with Crippen molar-refractivity contribution in [3.63, 3.8) is 0 Å². The van der Waals surface area contributed by atoms with E-state index in [-0.39, 0.29) is 24.3 Å². The zero-order valence-corrected chi connectivity index (χ0v) is 13.0. The molecular formula is C15H20FN3O4. The van der Waals surface area contributed by atoms with Crippen LogP contribution in [0, 0.1) is 15.9 Å². The maximum atomic E-state index is 13.5. The first-order valence-electron chi connectivity index (χ1n) is 7.59. The summed E-state index contributed by atoms with van der Waals surface area (Å²) in [7, 11) is 0. The highest BCUT2D eigenvalue weighted by atomic mass is 19.1. The number of hydrogen-bond acceptors (Lipinski definition) is 5. The monoisotopic (exact) mass is 325 g/mol. The van der Waals surface area contributed by atoms with Gasteiger partial charge in [-0.25, -0.2) is 0 Å². The number of benzene rings is 1. The molecule has 1 amide bonds. The number of nitrogens with zero attached hydrogens (tertiary/aromatic N) is 2. The Hall–Kier alpha value is -2.22. The van der Waals surface area contributed by atoms with Crippen molar-refractivity contribution in [1.29, 1.82) is 0 Å². The second kappa shape index (κ2) is 7.87. The summed E-state index contributed by atoms with van der Waals surface area (Å²) in [6.45, 7) is 4.07. The topological polar surface area (TPSA) is 84.7 Å². The van der Waals surface area contributed by atoms with Crippen LogP contribution in [0.4, 0.5) is 10.1 Å². The van der Waals surface area contributed by atoms with Crippen molar-refractivity contribution in [2.45, 2.75) is 25.8 Å². The summed E-state index contributed by atoms with van der Waals surface area (Å²) >= 11 is 0. The van der Waals surface area contributed by atoms with E-state index in [1.54, 1.807) is 4.90 Å². The first-order chi connectivity index (χ1) is 11.0. The second-order valence-corrected chi connectivity index (χ2v) is 5.39. The number of nitro benzene ring substituents is 1. The minimum atomic E-state index is -0.981. The van der Waals surface area contributed by atoms with Crippen LogP contribution in [0.3, 0.4) is 0 Å². The molecule has 1 saturated heterocycles. The third-order valence-electron chi connectivity index (χ3n) is 3.74. The van der Waals surface area contributed by atoms with Crippen LogP contribution >= 0.6 is 0 Å². The molecule has 1 unspecified atom stereocenters. The van der Waals surface area contributed by atoms with E-state index in [0.29, 0.717) is 6.54 Å². The Kier molecular flexibility index (Phi) is 5.86. The van der Waals surface area contributed by atoms with Gasteiger partial charge in [0, 0.05) is 31.3 Å². The van der Waals surface area contributed by atoms with Gasteiger partial charge in [-0.3, -0.25) is 14.9 Å². The normalized spacial score (nSPS) is 17.0. The van der Waals surface area contributed by atoms with Crippen molar-refractivity contribution in [3.05, 3.63) is 34.1 Å². The molecule has 1 fully saturated rings. The number of nitro groups is 1. The average Bonchev–Trinajstić information content (AvgIpc) is 3.04. The minimum Gasteiger partial charge on any atom is -0.484 e. The van der Waals surface area contributed by atoms with E-state index in [0.717, 1.165) is 38.1 Å². The Bertz CT molecular complexity index is 576.